The zero-order valence-corrected chi connectivity index (χ0v) is 11.0. The minimum absolute atomic E-state index is 0.0117. The lowest BCUT2D eigenvalue weighted by Gasteiger charge is -2.51. The van der Waals surface area contributed by atoms with Crippen molar-refractivity contribution in [1.29, 1.82) is 0 Å². The van der Waals surface area contributed by atoms with Crippen molar-refractivity contribution in [1.82, 2.24) is 5.32 Å². The molecule has 0 aromatic heterocycles. The number of para-hydroxylation sites is 1. The average molecular weight is 236 g/mol. The van der Waals surface area contributed by atoms with Crippen LogP contribution < -0.4 is 10.2 Å². The Morgan fingerprint density at radius 3 is 2.47 bits per heavy atom. The number of rotatable bonds is 1. The van der Waals surface area contributed by atoms with Crippen molar-refractivity contribution in [3.63, 3.8) is 0 Å². The van der Waals surface area contributed by atoms with Crippen molar-refractivity contribution in [2.75, 3.05) is 18.0 Å². The number of hydrogen-bond donors (Lipinski definition) is 1. The summed E-state index contributed by atoms with van der Waals surface area (Å²) in [6.07, 6.45) is 0. The lowest BCUT2D eigenvalue weighted by molar-refractivity contribution is 0.259. The van der Waals surface area contributed by atoms with E-state index in [1.807, 2.05) is 12.1 Å². The number of anilines is 1. The van der Waals surface area contributed by atoms with Crippen molar-refractivity contribution < 1.29 is 4.39 Å². The van der Waals surface area contributed by atoms with E-state index >= 15 is 0 Å². The summed E-state index contributed by atoms with van der Waals surface area (Å²) in [6, 6.07) is 7.02. The topological polar surface area (TPSA) is 15.3 Å². The molecule has 1 aromatic carbocycles. The van der Waals surface area contributed by atoms with Gasteiger partial charge in [0.15, 0.2) is 0 Å². The van der Waals surface area contributed by atoms with Crippen LogP contribution in [0.15, 0.2) is 24.3 Å². The first-order chi connectivity index (χ1) is 7.82. The maximum absolute atomic E-state index is 13.9. The highest BCUT2D eigenvalue weighted by Crippen LogP contribution is 2.31. The third-order valence-electron chi connectivity index (χ3n) is 3.43. The van der Waals surface area contributed by atoms with E-state index in [4.69, 9.17) is 0 Å². The maximum Gasteiger partial charge on any atom is 0.146 e. The molecule has 0 amide bonds. The van der Waals surface area contributed by atoms with Crippen LogP contribution in [0.5, 0.6) is 0 Å². The second kappa shape index (κ2) is 3.98. The lowest BCUT2D eigenvalue weighted by atomic mass is 9.91. The van der Waals surface area contributed by atoms with Crippen LogP contribution in [-0.2, 0) is 0 Å². The van der Waals surface area contributed by atoms with E-state index in [1.165, 1.54) is 6.07 Å². The van der Waals surface area contributed by atoms with Crippen LogP contribution in [0.2, 0.25) is 0 Å². The number of halogens is 1. The van der Waals surface area contributed by atoms with Crippen LogP contribution in [0.25, 0.3) is 0 Å². The molecule has 1 aliphatic rings. The zero-order chi connectivity index (χ0) is 12.7. The molecule has 1 saturated heterocycles. The molecule has 0 aliphatic carbocycles. The molecule has 17 heavy (non-hydrogen) atoms. The standard InChI is InChI=1S/C14H21FN2/c1-13(2)10-17(14(3,4)9-16-13)12-8-6-5-7-11(12)15/h5-8,16H,9-10H2,1-4H3. The Kier molecular flexibility index (Phi) is 2.90. The molecule has 1 fully saturated rings. The molecule has 2 rings (SSSR count). The Morgan fingerprint density at radius 2 is 1.82 bits per heavy atom. The molecule has 1 aliphatic heterocycles. The second-order valence-corrected chi connectivity index (χ2v) is 6.09. The normalized spacial score (nSPS) is 22.5. The van der Waals surface area contributed by atoms with Gasteiger partial charge in [0, 0.05) is 24.2 Å². The molecule has 0 bridgehead atoms. The summed E-state index contributed by atoms with van der Waals surface area (Å²) in [5, 5.41) is 3.50. The molecule has 1 heterocycles. The molecule has 0 radical (unpaired) electrons. The van der Waals surface area contributed by atoms with Gasteiger partial charge in [0.25, 0.3) is 0 Å². The second-order valence-electron chi connectivity index (χ2n) is 6.09. The third kappa shape index (κ3) is 2.44. The Labute approximate surface area is 103 Å². The summed E-state index contributed by atoms with van der Waals surface area (Å²) in [7, 11) is 0. The van der Waals surface area contributed by atoms with Gasteiger partial charge in [-0.1, -0.05) is 12.1 Å². The fraction of sp³-hybridized carbons (Fsp3) is 0.571. The SMILES string of the molecule is CC1(C)CN(c2ccccc2F)C(C)(C)CN1. The summed E-state index contributed by atoms with van der Waals surface area (Å²) < 4.78 is 13.9. The Balaban J connectivity index is 2.38. The lowest BCUT2D eigenvalue weighted by Crippen LogP contribution is -2.66. The number of nitrogens with one attached hydrogen (secondary N) is 1. The average Bonchev–Trinajstić information content (AvgIpc) is 2.23. The number of benzene rings is 1. The molecular weight excluding hydrogens is 215 g/mol. The minimum atomic E-state index is -0.140. The van der Waals surface area contributed by atoms with E-state index < -0.39 is 0 Å². The monoisotopic (exact) mass is 236 g/mol. The largest absolute Gasteiger partial charge is 0.361 e. The van der Waals surface area contributed by atoms with Gasteiger partial charge in [-0.25, -0.2) is 4.39 Å². The number of hydrogen-bond acceptors (Lipinski definition) is 2. The van der Waals surface area contributed by atoms with Crippen molar-refractivity contribution in [3.8, 4) is 0 Å². The molecule has 0 saturated carbocycles. The van der Waals surface area contributed by atoms with Gasteiger partial charge < -0.3 is 10.2 Å². The van der Waals surface area contributed by atoms with Crippen LogP contribution in [0, 0.1) is 5.82 Å². The molecular formula is C14H21FN2. The summed E-state index contributed by atoms with van der Waals surface area (Å²) in [5.41, 5.74) is 0.641. The van der Waals surface area contributed by atoms with Crippen LogP contribution in [0.1, 0.15) is 27.7 Å². The Morgan fingerprint density at radius 1 is 1.18 bits per heavy atom. The molecule has 0 unspecified atom stereocenters. The van der Waals surface area contributed by atoms with E-state index in [9.17, 15) is 4.39 Å². The highest BCUT2D eigenvalue weighted by Gasteiger charge is 2.38. The van der Waals surface area contributed by atoms with Crippen LogP contribution in [0.4, 0.5) is 10.1 Å². The first-order valence-electron chi connectivity index (χ1n) is 6.09. The smallest absolute Gasteiger partial charge is 0.146 e. The summed E-state index contributed by atoms with van der Waals surface area (Å²) >= 11 is 0. The molecule has 0 atom stereocenters. The highest BCUT2D eigenvalue weighted by atomic mass is 19.1. The first kappa shape index (κ1) is 12.4. The summed E-state index contributed by atoms with van der Waals surface area (Å²) in [5.74, 6) is -0.140. The van der Waals surface area contributed by atoms with Crippen LogP contribution in [-0.4, -0.2) is 24.2 Å². The van der Waals surface area contributed by atoms with Gasteiger partial charge in [-0.05, 0) is 39.8 Å². The van der Waals surface area contributed by atoms with E-state index in [0.717, 1.165) is 13.1 Å². The molecule has 1 aromatic rings. The quantitative estimate of drug-likeness (QED) is 0.806. The third-order valence-corrected chi connectivity index (χ3v) is 3.43. The Bertz CT molecular complexity index is 412. The molecule has 0 spiro atoms. The summed E-state index contributed by atoms with van der Waals surface area (Å²) in [6.45, 7) is 10.2. The molecule has 1 N–H and O–H groups in total. The van der Waals surface area contributed by atoms with E-state index in [2.05, 4.69) is 37.9 Å². The van der Waals surface area contributed by atoms with Crippen LogP contribution >= 0.6 is 0 Å². The van der Waals surface area contributed by atoms with Crippen LogP contribution in [0.3, 0.4) is 0 Å². The first-order valence-corrected chi connectivity index (χ1v) is 6.09. The molecule has 94 valence electrons. The van der Waals surface area contributed by atoms with Gasteiger partial charge in [0.1, 0.15) is 5.82 Å². The van der Waals surface area contributed by atoms with Gasteiger partial charge in [-0.2, -0.15) is 0 Å². The van der Waals surface area contributed by atoms with Gasteiger partial charge in [-0.15, -0.1) is 0 Å². The van der Waals surface area contributed by atoms with E-state index in [1.54, 1.807) is 6.07 Å². The number of piperazine rings is 1. The minimum Gasteiger partial charge on any atom is -0.361 e. The van der Waals surface area contributed by atoms with Gasteiger partial charge in [-0.3, -0.25) is 0 Å². The fourth-order valence-corrected chi connectivity index (χ4v) is 2.30. The van der Waals surface area contributed by atoms with E-state index in [-0.39, 0.29) is 16.9 Å². The van der Waals surface area contributed by atoms with E-state index in [0.29, 0.717) is 5.69 Å². The van der Waals surface area contributed by atoms with Crippen molar-refractivity contribution in [2.24, 2.45) is 0 Å². The predicted molar refractivity (Wildman–Crippen MR) is 69.9 cm³/mol. The van der Waals surface area contributed by atoms with Gasteiger partial charge in [0.05, 0.1) is 5.69 Å². The van der Waals surface area contributed by atoms with Gasteiger partial charge >= 0.3 is 0 Å². The fourth-order valence-electron chi connectivity index (χ4n) is 2.30. The maximum atomic E-state index is 13.9. The van der Waals surface area contributed by atoms with Crippen molar-refractivity contribution >= 4 is 5.69 Å². The predicted octanol–water partition coefficient (Wildman–Crippen LogP) is 2.79. The zero-order valence-electron chi connectivity index (χ0n) is 11.0. The van der Waals surface area contributed by atoms with Gasteiger partial charge in [0.2, 0.25) is 0 Å². The summed E-state index contributed by atoms with van der Waals surface area (Å²) in [4.78, 5) is 2.17. The molecule has 2 nitrogen and oxygen atoms in total. The number of nitrogens with zero attached hydrogens (tertiary/aromatic N) is 1. The van der Waals surface area contributed by atoms with Crippen molar-refractivity contribution in [2.45, 2.75) is 38.8 Å². The molecule has 3 heteroatoms. The highest BCUT2D eigenvalue weighted by molar-refractivity contribution is 5.51. The van der Waals surface area contributed by atoms with Crippen molar-refractivity contribution in [3.05, 3.63) is 30.1 Å². The Hall–Kier alpha value is -1.09.